The number of benzene rings is 2. The Morgan fingerprint density at radius 3 is 2.54 bits per heavy atom. The highest BCUT2D eigenvalue weighted by molar-refractivity contribution is 5.70. The van der Waals surface area contributed by atoms with Crippen molar-refractivity contribution in [2.45, 2.75) is 45.1 Å². The standard InChI is InChI=1S/C29H36N2O4/c32-29(33)22-25-11-7-12-26(21-25)34-20-8-16-30(19-15-24-9-3-1-4-10-24)23-27-13-14-28(35-27)31-17-5-2-6-18-31/h1,3-4,7,9-14,21H,2,5-6,8,15-20,22-23H2,(H,32,33). The van der Waals surface area contributed by atoms with E-state index in [1.807, 2.05) is 24.3 Å². The van der Waals surface area contributed by atoms with Gasteiger partial charge in [0.1, 0.15) is 11.5 Å². The lowest BCUT2D eigenvalue weighted by Crippen LogP contribution is -2.29. The molecule has 0 saturated carbocycles. The average molecular weight is 477 g/mol. The van der Waals surface area contributed by atoms with E-state index in [2.05, 4.69) is 52.3 Å². The molecular weight excluding hydrogens is 440 g/mol. The minimum Gasteiger partial charge on any atom is -0.494 e. The topological polar surface area (TPSA) is 66.2 Å². The number of carboxylic acid groups (broad SMARTS) is 1. The van der Waals surface area contributed by atoms with Gasteiger partial charge in [0.25, 0.3) is 0 Å². The van der Waals surface area contributed by atoms with Gasteiger partial charge in [0.15, 0.2) is 5.88 Å². The summed E-state index contributed by atoms with van der Waals surface area (Å²) in [6, 6.07) is 22.1. The van der Waals surface area contributed by atoms with Crippen LogP contribution in [0, 0.1) is 0 Å². The predicted molar refractivity (Wildman–Crippen MR) is 138 cm³/mol. The summed E-state index contributed by atoms with van der Waals surface area (Å²) in [6.07, 6.45) is 5.64. The molecule has 1 aromatic heterocycles. The number of hydrogen-bond acceptors (Lipinski definition) is 5. The molecule has 3 aromatic rings. The third kappa shape index (κ3) is 8.18. The summed E-state index contributed by atoms with van der Waals surface area (Å²) in [6.45, 7) is 5.34. The second-order valence-corrected chi connectivity index (χ2v) is 9.22. The number of ether oxygens (including phenoxy) is 1. The predicted octanol–water partition coefficient (Wildman–Crippen LogP) is 5.41. The van der Waals surface area contributed by atoms with E-state index in [1.165, 1.54) is 24.8 Å². The first-order valence-corrected chi connectivity index (χ1v) is 12.7. The lowest BCUT2D eigenvalue weighted by Gasteiger charge is -2.26. The van der Waals surface area contributed by atoms with Crippen molar-refractivity contribution in [2.75, 3.05) is 37.7 Å². The van der Waals surface area contributed by atoms with Gasteiger partial charge in [0.2, 0.25) is 0 Å². The van der Waals surface area contributed by atoms with Crippen molar-refractivity contribution >= 4 is 11.9 Å². The quantitative estimate of drug-likeness (QED) is 0.333. The summed E-state index contributed by atoms with van der Waals surface area (Å²) in [5.41, 5.74) is 2.08. The maximum atomic E-state index is 11.0. The molecule has 4 rings (SSSR count). The van der Waals surface area contributed by atoms with Gasteiger partial charge in [-0.05, 0) is 61.4 Å². The first-order valence-electron chi connectivity index (χ1n) is 12.7. The normalized spacial score (nSPS) is 13.8. The number of piperidine rings is 1. The molecular formula is C29H36N2O4. The van der Waals surface area contributed by atoms with Gasteiger partial charge >= 0.3 is 5.97 Å². The van der Waals surface area contributed by atoms with Gasteiger partial charge in [-0.1, -0.05) is 42.5 Å². The van der Waals surface area contributed by atoms with Gasteiger partial charge in [-0.15, -0.1) is 0 Å². The van der Waals surface area contributed by atoms with Gasteiger partial charge in [0.05, 0.1) is 19.6 Å². The Balaban J connectivity index is 1.31. The van der Waals surface area contributed by atoms with Gasteiger partial charge in [-0.3, -0.25) is 9.69 Å². The highest BCUT2D eigenvalue weighted by atomic mass is 16.5. The van der Waals surface area contributed by atoms with Crippen LogP contribution in [0.25, 0.3) is 0 Å². The molecule has 35 heavy (non-hydrogen) atoms. The Kier molecular flexibility index (Phi) is 9.24. The van der Waals surface area contributed by atoms with Crippen molar-refractivity contribution in [3.63, 3.8) is 0 Å². The van der Waals surface area contributed by atoms with E-state index in [9.17, 15) is 4.79 Å². The Labute approximate surface area is 208 Å². The fraction of sp³-hybridized carbons (Fsp3) is 0.414. The maximum Gasteiger partial charge on any atom is 0.307 e. The van der Waals surface area contributed by atoms with Crippen LogP contribution in [0.4, 0.5) is 5.88 Å². The molecule has 2 aromatic carbocycles. The van der Waals surface area contributed by atoms with Crippen LogP contribution in [0.1, 0.15) is 42.6 Å². The number of carbonyl (C=O) groups is 1. The summed E-state index contributed by atoms with van der Waals surface area (Å²) in [7, 11) is 0. The SMILES string of the molecule is O=C(O)Cc1cccc(OCCCN(CCc2ccccc2)Cc2ccc(N3CCCCC3)o2)c1. The Bertz CT molecular complexity index is 1040. The van der Waals surface area contributed by atoms with E-state index in [1.54, 1.807) is 0 Å². The summed E-state index contributed by atoms with van der Waals surface area (Å²) in [5.74, 6) is 1.88. The van der Waals surface area contributed by atoms with Gasteiger partial charge in [-0.2, -0.15) is 0 Å². The second-order valence-electron chi connectivity index (χ2n) is 9.22. The monoisotopic (exact) mass is 476 g/mol. The molecule has 0 radical (unpaired) electrons. The summed E-state index contributed by atoms with van der Waals surface area (Å²) < 4.78 is 12.2. The number of aliphatic carboxylic acids is 1. The molecule has 0 aliphatic carbocycles. The number of carboxylic acids is 1. The Morgan fingerprint density at radius 1 is 0.943 bits per heavy atom. The second kappa shape index (κ2) is 13.0. The van der Waals surface area contributed by atoms with Crippen molar-refractivity contribution in [2.24, 2.45) is 0 Å². The van der Waals surface area contributed by atoms with Crippen LogP contribution in [0.15, 0.2) is 71.1 Å². The van der Waals surface area contributed by atoms with Crippen molar-refractivity contribution in [3.05, 3.63) is 83.6 Å². The third-order valence-corrected chi connectivity index (χ3v) is 6.40. The molecule has 1 saturated heterocycles. The molecule has 0 bridgehead atoms. The van der Waals surface area contributed by atoms with Crippen LogP contribution >= 0.6 is 0 Å². The highest BCUT2D eigenvalue weighted by Crippen LogP contribution is 2.23. The minimum atomic E-state index is -0.836. The Morgan fingerprint density at radius 2 is 1.74 bits per heavy atom. The molecule has 1 N–H and O–H groups in total. The van der Waals surface area contributed by atoms with E-state index in [4.69, 9.17) is 14.3 Å². The van der Waals surface area contributed by atoms with Crippen LogP contribution in [0.3, 0.4) is 0 Å². The smallest absolute Gasteiger partial charge is 0.307 e. The van der Waals surface area contributed by atoms with Crippen LogP contribution in [-0.4, -0.2) is 48.8 Å². The van der Waals surface area contributed by atoms with E-state index in [0.29, 0.717) is 6.61 Å². The maximum absolute atomic E-state index is 11.0. The van der Waals surface area contributed by atoms with Crippen molar-refractivity contribution in [3.8, 4) is 5.75 Å². The largest absolute Gasteiger partial charge is 0.494 e. The van der Waals surface area contributed by atoms with E-state index in [0.717, 1.165) is 68.5 Å². The molecule has 1 aliphatic heterocycles. The molecule has 186 valence electrons. The first kappa shape index (κ1) is 24.9. The third-order valence-electron chi connectivity index (χ3n) is 6.40. The minimum absolute atomic E-state index is 0.00697. The van der Waals surface area contributed by atoms with Crippen molar-refractivity contribution in [1.29, 1.82) is 0 Å². The van der Waals surface area contributed by atoms with E-state index >= 15 is 0 Å². The zero-order valence-electron chi connectivity index (χ0n) is 20.4. The number of nitrogens with zero attached hydrogens (tertiary/aromatic N) is 2. The van der Waals surface area contributed by atoms with E-state index in [-0.39, 0.29) is 6.42 Å². The summed E-state index contributed by atoms with van der Waals surface area (Å²) in [4.78, 5) is 15.7. The zero-order chi connectivity index (χ0) is 24.3. The molecule has 1 fully saturated rings. The average Bonchev–Trinajstić information content (AvgIpc) is 3.34. The lowest BCUT2D eigenvalue weighted by atomic mass is 10.1. The Hall–Kier alpha value is -3.25. The highest BCUT2D eigenvalue weighted by Gasteiger charge is 2.16. The molecule has 6 heteroatoms. The van der Waals surface area contributed by atoms with Crippen molar-refractivity contribution < 1.29 is 19.1 Å². The number of furan rings is 1. The molecule has 0 amide bonds. The molecule has 0 unspecified atom stereocenters. The number of hydrogen-bond donors (Lipinski definition) is 1. The van der Waals surface area contributed by atoms with Gasteiger partial charge in [0, 0.05) is 32.2 Å². The molecule has 0 spiro atoms. The summed E-state index contributed by atoms with van der Waals surface area (Å²) >= 11 is 0. The first-order chi connectivity index (χ1) is 17.2. The number of anilines is 1. The molecule has 0 atom stereocenters. The van der Waals surface area contributed by atoms with Gasteiger partial charge in [-0.25, -0.2) is 0 Å². The van der Waals surface area contributed by atoms with Gasteiger partial charge < -0.3 is 19.2 Å². The van der Waals surface area contributed by atoms with Crippen LogP contribution < -0.4 is 9.64 Å². The summed E-state index contributed by atoms with van der Waals surface area (Å²) in [5, 5.41) is 9.01. The fourth-order valence-electron chi connectivity index (χ4n) is 4.56. The lowest BCUT2D eigenvalue weighted by molar-refractivity contribution is -0.136. The zero-order valence-corrected chi connectivity index (χ0v) is 20.4. The molecule has 2 heterocycles. The van der Waals surface area contributed by atoms with Crippen LogP contribution in [-0.2, 0) is 24.2 Å². The van der Waals surface area contributed by atoms with Crippen LogP contribution in [0.2, 0.25) is 0 Å². The number of rotatable bonds is 13. The molecule has 1 aliphatic rings. The van der Waals surface area contributed by atoms with Crippen molar-refractivity contribution in [1.82, 2.24) is 4.90 Å². The molecule has 6 nitrogen and oxygen atoms in total. The fourth-order valence-corrected chi connectivity index (χ4v) is 4.56. The van der Waals surface area contributed by atoms with E-state index < -0.39 is 5.97 Å². The van der Waals surface area contributed by atoms with Crippen LogP contribution in [0.5, 0.6) is 5.75 Å².